The van der Waals surface area contributed by atoms with Crippen LogP contribution in [0.5, 0.6) is 0 Å². The molecule has 0 saturated heterocycles. The molecule has 0 bridgehead atoms. The zero-order valence-corrected chi connectivity index (χ0v) is 12.5. The Hall–Kier alpha value is -0.0600. The number of carbonyl (C=O) groups is 1. The van der Waals surface area contributed by atoms with E-state index in [1.165, 1.54) is 13.2 Å². The fourth-order valence-corrected chi connectivity index (χ4v) is 2.17. The van der Waals surface area contributed by atoms with Crippen molar-refractivity contribution in [3.63, 3.8) is 0 Å². The predicted molar refractivity (Wildman–Crippen MR) is 70.3 cm³/mol. The Kier molecular flexibility index (Phi) is 5.28. The van der Waals surface area contributed by atoms with E-state index in [1.54, 1.807) is 0 Å². The Morgan fingerprint density at radius 3 is 2.69 bits per heavy atom. The SMILES string of the molecule is COC(=O)Cc1cc(C(F)F)c(I)c(I)n1. The van der Waals surface area contributed by atoms with Crippen molar-refractivity contribution in [3.05, 3.63) is 24.6 Å². The molecule has 0 spiro atoms. The lowest BCUT2D eigenvalue weighted by molar-refractivity contribution is -0.139. The zero-order valence-electron chi connectivity index (χ0n) is 8.14. The Morgan fingerprint density at radius 1 is 1.56 bits per heavy atom. The van der Waals surface area contributed by atoms with Crippen LogP contribution >= 0.6 is 45.2 Å². The first-order chi connectivity index (χ1) is 7.45. The molecular formula is C9H7F2I2NO2. The molecule has 3 nitrogen and oxygen atoms in total. The molecule has 1 heterocycles. The third-order valence-electron chi connectivity index (χ3n) is 1.79. The fourth-order valence-electron chi connectivity index (χ4n) is 1.04. The summed E-state index contributed by atoms with van der Waals surface area (Å²) in [5.74, 6) is -0.496. The van der Waals surface area contributed by atoms with Crippen LogP contribution in [0.25, 0.3) is 0 Å². The maximum atomic E-state index is 12.7. The van der Waals surface area contributed by atoms with Crippen molar-refractivity contribution in [2.45, 2.75) is 12.8 Å². The minimum absolute atomic E-state index is 0.0941. The van der Waals surface area contributed by atoms with Crippen molar-refractivity contribution in [3.8, 4) is 0 Å². The Morgan fingerprint density at radius 2 is 2.19 bits per heavy atom. The van der Waals surface area contributed by atoms with E-state index in [0.717, 1.165) is 0 Å². The summed E-state index contributed by atoms with van der Waals surface area (Å²) < 4.78 is 30.6. The average Bonchev–Trinajstić information content (AvgIpc) is 2.22. The van der Waals surface area contributed by atoms with E-state index in [0.29, 0.717) is 13.0 Å². The number of hydrogen-bond donors (Lipinski definition) is 0. The summed E-state index contributed by atoms with van der Waals surface area (Å²) in [5.41, 5.74) is 0.200. The van der Waals surface area contributed by atoms with Crippen LogP contribution in [-0.2, 0) is 16.0 Å². The molecule has 16 heavy (non-hydrogen) atoms. The highest BCUT2D eigenvalue weighted by Crippen LogP contribution is 2.27. The van der Waals surface area contributed by atoms with Gasteiger partial charge in [0, 0.05) is 5.56 Å². The van der Waals surface area contributed by atoms with Crippen molar-refractivity contribution in [1.29, 1.82) is 0 Å². The number of esters is 1. The number of alkyl halides is 2. The minimum Gasteiger partial charge on any atom is -0.469 e. The Labute approximate surface area is 118 Å². The lowest BCUT2D eigenvalue weighted by atomic mass is 10.2. The van der Waals surface area contributed by atoms with Crippen LogP contribution in [0.4, 0.5) is 8.78 Å². The molecule has 0 saturated carbocycles. The van der Waals surface area contributed by atoms with Crippen LogP contribution in [0.3, 0.4) is 0 Å². The molecule has 0 aromatic carbocycles. The lowest BCUT2D eigenvalue weighted by Gasteiger charge is -2.08. The number of rotatable bonds is 3. The van der Waals surface area contributed by atoms with Crippen molar-refractivity contribution < 1.29 is 18.3 Å². The molecule has 0 radical (unpaired) electrons. The lowest BCUT2D eigenvalue weighted by Crippen LogP contribution is -2.09. The second-order valence-electron chi connectivity index (χ2n) is 2.86. The minimum atomic E-state index is -2.57. The van der Waals surface area contributed by atoms with Gasteiger partial charge in [-0.3, -0.25) is 4.79 Å². The van der Waals surface area contributed by atoms with Gasteiger partial charge < -0.3 is 4.74 Å². The second kappa shape index (κ2) is 6.03. The van der Waals surface area contributed by atoms with Crippen molar-refractivity contribution in [2.24, 2.45) is 0 Å². The van der Waals surface area contributed by atoms with Gasteiger partial charge in [-0.1, -0.05) is 0 Å². The standard InChI is InChI=1S/C9H7F2I2NO2/c1-16-6(15)3-4-2-5(8(10)11)7(12)9(13)14-4/h2,8H,3H2,1H3. The molecule has 0 atom stereocenters. The molecule has 88 valence electrons. The van der Waals surface area contributed by atoms with E-state index in [9.17, 15) is 13.6 Å². The third kappa shape index (κ3) is 3.47. The normalized spacial score (nSPS) is 10.6. The van der Waals surface area contributed by atoms with Gasteiger partial charge in [0.15, 0.2) is 0 Å². The number of pyridine rings is 1. The summed E-state index contributed by atoms with van der Waals surface area (Å²) >= 11 is 3.68. The number of halogens is 4. The van der Waals surface area contributed by atoms with Crippen molar-refractivity contribution in [1.82, 2.24) is 4.98 Å². The van der Waals surface area contributed by atoms with Crippen molar-refractivity contribution >= 4 is 51.2 Å². The largest absolute Gasteiger partial charge is 0.469 e. The number of ether oxygens (including phenoxy) is 1. The van der Waals surface area contributed by atoms with E-state index in [2.05, 4.69) is 9.72 Å². The highest BCUT2D eigenvalue weighted by molar-refractivity contribution is 14.1. The monoisotopic (exact) mass is 453 g/mol. The summed E-state index contributed by atoms with van der Waals surface area (Å²) in [5, 5.41) is 0. The molecule has 0 aliphatic heterocycles. The summed E-state index contributed by atoms with van der Waals surface area (Å²) in [4.78, 5) is 15.1. The molecular weight excluding hydrogens is 446 g/mol. The van der Waals surface area contributed by atoms with Gasteiger partial charge in [0.1, 0.15) is 3.70 Å². The summed E-state index contributed by atoms with van der Waals surface area (Å²) in [6.45, 7) is 0. The first-order valence-corrected chi connectivity index (χ1v) is 6.31. The number of aromatic nitrogens is 1. The summed E-state index contributed by atoms with van der Waals surface area (Å²) in [7, 11) is 1.24. The van der Waals surface area contributed by atoms with E-state index < -0.39 is 12.4 Å². The van der Waals surface area contributed by atoms with Gasteiger partial charge >= 0.3 is 5.97 Å². The maximum absolute atomic E-state index is 12.7. The van der Waals surface area contributed by atoms with Gasteiger partial charge in [0.05, 0.1) is 22.8 Å². The molecule has 1 aromatic rings. The molecule has 0 fully saturated rings. The smallest absolute Gasteiger partial charge is 0.311 e. The van der Waals surface area contributed by atoms with Crippen molar-refractivity contribution in [2.75, 3.05) is 7.11 Å². The Balaban J connectivity index is 3.09. The van der Waals surface area contributed by atoms with Crippen LogP contribution in [0.15, 0.2) is 6.07 Å². The quantitative estimate of drug-likeness (QED) is 0.402. The molecule has 0 N–H and O–H groups in total. The molecule has 1 rings (SSSR count). The summed E-state index contributed by atoms with van der Waals surface area (Å²) in [6.07, 6.45) is -2.66. The van der Waals surface area contributed by atoms with E-state index >= 15 is 0 Å². The number of hydrogen-bond acceptors (Lipinski definition) is 3. The fraction of sp³-hybridized carbons (Fsp3) is 0.333. The predicted octanol–water partition coefficient (Wildman–Crippen LogP) is 2.94. The van der Waals surface area contributed by atoms with Gasteiger partial charge in [-0.15, -0.1) is 0 Å². The number of methoxy groups -OCH3 is 1. The molecule has 7 heteroatoms. The topological polar surface area (TPSA) is 39.2 Å². The van der Waals surface area contributed by atoms with E-state index in [1.807, 2.05) is 45.2 Å². The van der Waals surface area contributed by atoms with Crippen LogP contribution in [0, 0.1) is 7.27 Å². The molecule has 1 aromatic heterocycles. The second-order valence-corrected chi connectivity index (χ2v) is 4.96. The van der Waals surface area contributed by atoms with Gasteiger partial charge in [0.2, 0.25) is 0 Å². The van der Waals surface area contributed by atoms with E-state index in [-0.39, 0.29) is 12.0 Å². The van der Waals surface area contributed by atoms with Crippen LogP contribution < -0.4 is 0 Å². The highest BCUT2D eigenvalue weighted by atomic mass is 127. The van der Waals surface area contributed by atoms with Crippen LogP contribution in [0.2, 0.25) is 0 Å². The summed E-state index contributed by atoms with van der Waals surface area (Å²) in [6, 6.07) is 1.24. The molecule has 0 aliphatic rings. The number of nitrogens with zero attached hydrogens (tertiary/aromatic N) is 1. The van der Waals surface area contributed by atoms with Gasteiger partial charge in [-0.05, 0) is 51.2 Å². The van der Waals surface area contributed by atoms with Gasteiger partial charge in [-0.2, -0.15) is 0 Å². The zero-order chi connectivity index (χ0) is 12.3. The Bertz CT molecular complexity index is 413. The van der Waals surface area contributed by atoms with Crippen LogP contribution in [-0.4, -0.2) is 18.1 Å². The average molecular weight is 453 g/mol. The third-order valence-corrected chi connectivity index (χ3v) is 4.73. The number of carbonyl (C=O) groups excluding carboxylic acids is 1. The first-order valence-electron chi connectivity index (χ1n) is 4.15. The molecule has 0 aliphatic carbocycles. The molecule has 0 unspecified atom stereocenters. The maximum Gasteiger partial charge on any atom is 0.311 e. The highest BCUT2D eigenvalue weighted by Gasteiger charge is 2.17. The van der Waals surface area contributed by atoms with Crippen LogP contribution in [0.1, 0.15) is 17.7 Å². The van der Waals surface area contributed by atoms with E-state index in [4.69, 9.17) is 0 Å². The van der Waals surface area contributed by atoms with Gasteiger partial charge in [0.25, 0.3) is 6.43 Å². The van der Waals surface area contributed by atoms with Gasteiger partial charge in [-0.25, -0.2) is 13.8 Å². The first kappa shape index (κ1) is 14.0. The molecule has 0 amide bonds.